The summed E-state index contributed by atoms with van der Waals surface area (Å²) in [6.45, 7) is 8.37. The van der Waals surface area contributed by atoms with E-state index < -0.39 is 12.1 Å². The minimum atomic E-state index is -0.957. The topological polar surface area (TPSA) is 96.0 Å². The minimum Gasteiger partial charge on any atom is -0.490 e. The molecular formula is C32H43ClN2O4S. The Labute approximate surface area is 248 Å². The first kappa shape index (κ1) is 30.8. The lowest BCUT2D eigenvalue weighted by atomic mass is 9.70. The van der Waals surface area contributed by atoms with Crippen molar-refractivity contribution in [3.05, 3.63) is 70.3 Å². The van der Waals surface area contributed by atoms with Gasteiger partial charge in [-0.05, 0) is 84.9 Å². The van der Waals surface area contributed by atoms with E-state index in [1.54, 1.807) is 18.2 Å². The third-order valence-corrected chi connectivity index (χ3v) is 9.68. The van der Waals surface area contributed by atoms with Crippen LogP contribution < -0.4 is 14.8 Å². The van der Waals surface area contributed by atoms with Crippen LogP contribution in [0.2, 0.25) is 5.02 Å². The van der Waals surface area contributed by atoms with Gasteiger partial charge in [0.1, 0.15) is 5.75 Å². The van der Waals surface area contributed by atoms with Gasteiger partial charge in [-0.1, -0.05) is 69.0 Å². The quantitative estimate of drug-likeness (QED) is 0.198. The van der Waals surface area contributed by atoms with Gasteiger partial charge in [-0.3, -0.25) is 5.14 Å². The number of fused-ring (bicyclic) bond motifs is 3. The maximum absolute atomic E-state index is 11.9. The summed E-state index contributed by atoms with van der Waals surface area (Å²) < 4.78 is 6.47. The number of halogens is 1. The van der Waals surface area contributed by atoms with Crippen LogP contribution in [0.4, 0.5) is 5.69 Å². The van der Waals surface area contributed by atoms with Crippen LogP contribution in [0.3, 0.4) is 0 Å². The number of hydrogen-bond acceptors (Lipinski definition) is 6. The highest BCUT2D eigenvalue weighted by Gasteiger charge is 2.42. The summed E-state index contributed by atoms with van der Waals surface area (Å²) >= 11 is 7.72. The molecule has 2 aliphatic rings. The number of ether oxygens (including phenoxy) is 1. The molecule has 0 saturated carbocycles. The van der Waals surface area contributed by atoms with Crippen molar-refractivity contribution in [2.24, 2.45) is 22.9 Å². The maximum Gasteiger partial charge on any atom is 0.335 e. The molecule has 4 rings (SSSR count). The van der Waals surface area contributed by atoms with Crippen LogP contribution in [-0.4, -0.2) is 47.7 Å². The molecule has 5 atom stereocenters. The Balaban J connectivity index is 1.64. The molecule has 1 spiro atoms. The summed E-state index contributed by atoms with van der Waals surface area (Å²) in [6, 6.07) is 11.3. The van der Waals surface area contributed by atoms with Gasteiger partial charge in [0.25, 0.3) is 0 Å². The highest BCUT2D eigenvalue weighted by molar-refractivity contribution is 7.97. The smallest absolute Gasteiger partial charge is 0.335 e. The Morgan fingerprint density at radius 3 is 2.80 bits per heavy atom. The fourth-order valence-electron chi connectivity index (χ4n) is 6.54. The summed E-state index contributed by atoms with van der Waals surface area (Å²) in [5.41, 5.74) is 3.34. The zero-order valence-electron chi connectivity index (χ0n) is 23.8. The van der Waals surface area contributed by atoms with E-state index in [0.717, 1.165) is 48.6 Å². The monoisotopic (exact) mass is 586 g/mol. The summed E-state index contributed by atoms with van der Waals surface area (Å²) in [6.07, 6.45) is 8.18. The van der Waals surface area contributed by atoms with Gasteiger partial charge < -0.3 is 19.8 Å². The van der Waals surface area contributed by atoms with Crippen LogP contribution in [0.15, 0.2) is 48.6 Å². The molecule has 4 N–H and O–H groups in total. The number of allylic oxidation sites excluding steroid dienone is 1. The molecule has 0 fully saturated rings. The van der Waals surface area contributed by atoms with Crippen molar-refractivity contribution in [1.82, 2.24) is 0 Å². The van der Waals surface area contributed by atoms with Crippen molar-refractivity contribution in [3.63, 3.8) is 0 Å². The average Bonchev–Trinajstić information content (AvgIpc) is 3.06. The zero-order valence-corrected chi connectivity index (χ0v) is 25.4. The van der Waals surface area contributed by atoms with Crippen molar-refractivity contribution < 1.29 is 19.7 Å². The number of aromatic carboxylic acids is 1. The van der Waals surface area contributed by atoms with Crippen molar-refractivity contribution in [3.8, 4) is 5.75 Å². The molecule has 8 heteroatoms. The minimum absolute atomic E-state index is 0.0547. The first-order valence-electron chi connectivity index (χ1n) is 14.4. The van der Waals surface area contributed by atoms with Crippen molar-refractivity contribution >= 4 is 35.2 Å². The van der Waals surface area contributed by atoms with Gasteiger partial charge >= 0.3 is 5.97 Å². The molecule has 6 nitrogen and oxygen atoms in total. The molecule has 2 aromatic rings. The summed E-state index contributed by atoms with van der Waals surface area (Å²) in [5.74, 6) is 1.29. The van der Waals surface area contributed by atoms with Crippen molar-refractivity contribution in [2.45, 2.75) is 64.4 Å². The number of nitrogens with two attached hydrogens (primary N) is 1. The standard InChI is InChI=1S/C32H43ClN2O4S/c1-4-26(29(36)9-5-7-21(2)18-40-34)22(3)17-35-19-32(14-6-8-23-15-25(33)11-12-27(23)32)20-39-30-13-10-24(31(37)38)16-28(30)35/h5,9-13,15-16,21-22,26,29,36H,4,6-8,14,17-20,34H2,1-3H3,(H,37,38)/b9-5+/t21-,22?,26?,29?,32?/m1/s1. The van der Waals surface area contributed by atoms with Gasteiger partial charge in [-0.15, -0.1) is 0 Å². The van der Waals surface area contributed by atoms with E-state index in [0.29, 0.717) is 31.4 Å². The second-order valence-electron chi connectivity index (χ2n) is 11.7. The van der Waals surface area contributed by atoms with Gasteiger partial charge in [-0.25, -0.2) is 4.79 Å². The summed E-state index contributed by atoms with van der Waals surface area (Å²) in [5, 5.41) is 27.3. The van der Waals surface area contributed by atoms with Crippen LogP contribution in [-0.2, 0) is 11.8 Å². The normalized spacial score (nSPS) is 21.7. The van der Waals surface area contributed by atoms with Crippen LogP contribution in [0, 0.1) is 17.8 Å². The Bertz CT molecular complexity index is 1210. The van der Waals surface area contributed by atoms with E-state index in [9.17, 15) is 15.0 Å². The number of rotatable bonds is 11. The van der Waals surface area contributed by atoms with E-state index in [1.807, 2.05) is 12.1 Å². The molecule has 40 heavy (non-hydrogen) atoms. The number of aliphatic hydroxyl groups is 1. The van der Waals surface area contributed by atoms with Crippen LogP contribution in [0.1, 0.15) is 67.9 Å². The fourth-order valence-corrected chi connectivity index (χ4v) is 7.20. The largest absolute Gasteiger partial charge is 0.490 e. The maximum atomic E-state index is 11.9. The van der Waals surface area contributed by atoms with Gasteiger partial charge in [-0.2, -0.15) is 0 Å². The number of nitrogens with zero attached hydrogens (tertiary/aromatic N) is 1. The molecule has 0 saturated heterocycles. The SMILES string of the molecule is CCC(C(O)/C=C/C[C@@H](C)CSN)C(C)CN1CC2(CCCc3cc(Cl)ccc32)COc2ccc(C(=O)O)cc21. The second-order valence-corrected chi connectivity index (χ2v) is 12.8. The van der Waals surface area contributed by atoms with E-state index in [1.165, 1.54) is 23.1 Å². The zero-order chi connectivity index (χ0) is 28.9. The third kappa shape index (κ3) is 6.99. The molecule has 1 aliphatic heterocycles. The van der Waals surface area contributed by atoms with Gasteiger partial charge in [0.2, 0.25) is 0 Å². The molecule has 2 aromatic carbocycles. The number of carbonyl (C=O) groups is 1. The molecule has 0 radical (unpaired) electrons. The lowest BCUT2D eigenvalue weighted by Crippen LogP contribution is -2.47. The highest BCUT2D eigenvalue weighted by atomic mass is 35.5. The Morgan fingerprint density at radius 1 is 1.27 bits per heavy atom. The van der Waals surface area contributed by atoms with Gasteiger partial charge in [0.05, 0.1) is 24.0 Å². The molecule has 1 heterocycles. The second kappa shape index (κ2) is 13.6. The van der Waals surface area contributed by atoms with Crippen LogP contribution in [0.25, 0.3) is 0 Å². The molecule has 4 unspecified atom stereocenters. The molecule has 0 amide bonds. The Morgan fingerprint density at radius 2 is 2.08 bits per heavy atom. The molecule has 0 aromatic heterocycles. The predicted molar refractivity (Wildman–Crippen MR) is 166 cm³/mol. The number of anilines is 1. The molecular weight excluding hydrogens is 544 g/mol. The highest BCUT2D eigenvalue weighted by Crippen LogP contribution is 2.45. The first-order valence-corrected chi connectivity index (χ1v) is 15.8. The number of aliphatic hydroxyl groups excluding tert-OH is 1. The van der Waals surface area contributed by atoms with E-state index in [2.05, 4.69) is 43.9 Å². The van der Waals surface area contributed by atoms with Crippen LogP contribution in [0.5, 0.6) is 5.75 Å². The number of carboxylic acid groups (broad SMARTS) is 1. The average molecular weight is 587 g/mol. The Kier molecular flexibility index (Phi) is 10.5. The number of carboxylic acids is 1. The number of hydrogen-bond donors (Lipinski definition) is 3. The van der Waals surface area contributed by atoms with Gasteiger partial charge in [0.15, 0.2) is 0 Å². The van der Waals surface area contributed by atoms with Crippen molar-refractivity contribution in [1.29, 1.82) is 0 Å². The number of aryl methyl sites for hydroxylation is 1. The molecule has 1 aliphatic carbocycles. The summed E-state index contributed by atoms with van der Waals surface area (Å²) in [4.78, 5) is 14.2. The fraction of sp³-hybridized carbons (Fsp3) is 0.531. The molecule has 0 bridgehead atoms. The first-order chi connectivity index (χ1) is 19.2. The van der Waals surface area contributed by atoms with E-state index in [4.69, 9.17) is 21.5 Å². The lowest BCUT2D eigenvalue weighted by Gasteiger charge is -2.42. The number of benzene rings is 2. The van der Waals surface area contributed by atoms with E-state index >= 15 is 0 Å². The van der Waals surface area contributed by atoms with Gasteiger partial charge in [0, 0.05) is 29.3 Å². The molecule has 218 valence electrons. The van der Waals surface area contributed by atoms with Crippen LogP contribution >= 0.6 is 23.5 Å². The predicted octanol–water partition coefficient (Wildman–Crippen LogP) is 6.72. The lowest BCUT2D eigenvalue weighted by molar-refractivity contribution is 0.0697. The van der Waals surface area contributed by atoms with Crippen molar-refractivity contribution in [2.75, 3.05) is 30.3 Å². The Hall–Kier alpha value is -2.19. The summed E-state index contributed by atoms with van der Waals surface area (Å²) in [7, 11) is 0. The van der Waals surface area contributed by atoms with E-state index in [-0.39, 0.29) is 22.8 Å². The third-order valence-electron chi connectivity index (χ3n) is 8.69.